The summed E-state index contributed by atoms with van der Waals surface area (Å²) in [6.07, 6.45) is 19.7. The van der Waals surface area contributed by atoms with Crippen LogP contribution in [0, 0.1) is 23.7 Å². The first-order valence-corrected chi connectivity index (χ1v) is 8.46. The van der Waals surface area contributed by atoms with Crippen LogP contribution in [0.15, 0.2) is 12.2 Å². The van der Waals surface area contributed by atoms with Crippen LogP contribution in [-0.4, -0.2) is 0 Å². The van der Waals surface area contributed by atoms with Crippen LogP contribution in [-0.2, 0) is 0 Å². The van der Waals surface area contributed by atoms with E-state index in [1.807, 2.05) is 0 Å². The van der Waals surface area contributed by atoms with Crippen molar-refractivity contribution in [1.82, 2.24) is 0 Å². The molecule has 0 aromatic rings. The van der Waals surface area contributed by atoms with Crippen LogP contribution in [0.5, 0.6) is 0 Å². The van der Waals surface area contributed by atoms with E-state index < -0.39 is 0 Å². The van der Waals surface area contributed by atoms with Crippen molar-refractivity contribution in [2.24, 2.45) is 23.7 Å². The Morgan fingerprint density at radius 3 is 1.89 bits per heavy atom. The van der Waals surface area contributed by atoms with E-state index >= 15 is 0 Å². The molecule has 0 amide bonds. The van der Waals surface area contributed by atoms with E-state index in [0.717, 1.165) is 23.7 Å². The second kappa shape index (κ2) is 7.36. The minimum absolute atomic E-state index is 0.905. The summed E-state index contributed by atoms with van der Waals surface area (Å²) >= 11 is 0. The van der Waals surface area contributed by atoms with Crippen molar-refractivity contribution in [3.63, 3.8) is 0 Å². The van der Waals surface area contributed by atoms with Crippen molar-refractivity contribution in [2.75, 3.05) is 0 Å². The van der Waals surface area contributed by atoms with Crippen LogP contribution in [0.1, 0.15) is 78.1 Å². The van der Waals surface area contributed by atoms with E-state index in [1.165, 1.54) is 51.4 Å². The second-order valence-corrected chi connectivity index (χ2v) is 6.77. The van der Waals surface area contributed by atoms with E-state index in [2.05, 4.69) is 26.0 Å². The van der Waals surface area contributed by atoms with Crippen molar-refractivity contribution in [1.29, 1.82) is 0 Å². The molecule has 0 saturated heterocycles. The molecule has 2 aliphatic rings. The average Bonchev–Trinajstić information content (AvgIpc) is 2.41. The van der Waals surface area contributed by atoms with Gasteiger partial charge in [0.15, 0.2) is 0 Å². The molecule has 2 saturated carbocycles. The molecule has 0 radical (unpaired) electrons. The molecule has 18 heavy (non-hydrogen) atoms. The van der Waals surface area contributed by atoms with Crippen molar-refractivity contribution in [3.8, 4) is 0 Å². The average molecular weight is 248 g/mol. The van der Waals surface area contributed by atoms with E-state index in [1.54, 1.807) is 12.8 Å². The monoisotopic (exact) mass is 248 g/mol. The maximum atomic E-state index is 2.44. The van der Waals surface area contributed by atoms with Gasteiger partial charge in [-0.1, -0.05) is 44.8 Å². The number of hydrogen-bond donors (Lipinski definition) is 0. The molecule has 2 aliphatic carbocycles. The molecule has 2 fully saturated rings. The molecule has 0 unspecified atom stereocenters. The summed E-state index contributed by atoms with van der Waals surface area (Å²) in [5.41, 5.74) is 0. The molecular formula is C18H32. The zero-order valence-corrected chi connectivity index (χ0v) is 12.5. The smallest absolute Gasteiger partial charge is 0.0233 e. The SMILES string of the molecule is C/C=C\C1CCC(C2CCC(CCC)CC2)CC1. The van der Waals surface area contributed by atoms with Crippen LogP contribution in [0.4, 0.5) is 0 Å². The highest BCUT2D eigenvalue weighted by Gasteiger charge is 2.29. The fourth-order valence-electron chi connectivity index (χ4n) is 4.44. The van der Waals surface area contributed by atoms with Gasteiger partial charge < -0.3 is 0 Å². The maximum absolute atomic E-state index is 2.44. The molecule has 0 nitrogen and oxygen atoms in total. The molecule has 2 rings (SSSR count). The van der Waals surface area contributed by atoms with Gasteiger partial charge in [0.1, 0.15) is 0 Å². The minimum Gasteiger partial charge on any atom is -0.0914 e. The van der Waals surface area contributed by atoms with Crippen molar-refractivity contribution >= 4 is 0 Å². The van der Waals surface area contributed by atoms with Crippen LogP contribution < -0.4 is 0 Å². The normalized spacial score (nSPS) is 38.1. The highest BCUT2D eigenvalue weighted by molar-refractivity contribution is 4.90. The molecule has 0 aromatic heterocycles. The van der Waals surface area contributed by atoms with Crippen molar-refractivity contribution in [3.05, 3.63) is 12.2 Å². The molecule has 0 heteroatoms. The molecule has 0 heterocycles. The van der Waals surface area contributed by atoms with Gasteiger partial charge in [-0.05, 0) is 69.1 Å². The molecule has 104 valence electrons. The Labute approximate surface area is 114 Å². The lowest BCUT2D eigenvalue weighted by Gasteiger charge is -2.37. The van der Waals surface area contributed by atoms with Gasteiger partial charge in [0.05, 0.1) is 0 Å². The predicted octanol–water partition coefficient (Wildman–Crippen LogP) is 5.98. The van der Waals surface area contributed by atoms with Gasteiger partial charge in [-0.15, -0.1) is 0 Å². The summed E-state index contributed by atoms with van der Waals surface area (Å²) in [7, 11) is 0. The van der Waals surface area contributed by atoms with Gasteiger partial charge in [0.2, 0.25) is 0 Å². The van der Waals surface area contributed by atoms with Crippen LogP contribution in [0.3, 0.4) is 0 Å². The van der Waals surface area contributed by atoms with Gasteiger partial charge in [-0.25, -0.2) is 0 Å². The lowest BCUT2D eigenvalue weighted by atomic mass is 9.69. The molecule has 0 N–H and O–H groups in total. The lowest BCUT2D eigenvalue weighted by molar-refractivity contribution is 0.152. The summed E-state index contributed by atoms with van der Waals surface area (Å²) in [4.78, 5) is 0. The van der Waals surface area contributed by atoms with E-state index in [0.29, 0.717) is 0 Å². The largest absolute Gasteiger partial charge is 0.0914 e. The first kappa shape index (κ1) is 14.2. The minimum atomic E-state index is 0.905. The van der Waals surface area contributed by atoms with Gasteiger partial charge >= 0.3 is 0 Å². The molecule has 0 aromatic carbocycles. The third-order valence-corrected chi connectivity index (χ3v) is 5.54. The Kier molecular flexibility index (Phi) is 5.79. The van der Waals surface area contributed by atoms with Gasteiger partial charge in [0.25, 0.3) is 0 Å². The lowest BCUT2D eigenvalue weighted by Crippen LogP contribution is -2.25. The maximum Gasteiger partial charge on any atom is -0.0233 e. The van der Waals surface area contributed by atoms with Gasteiger partial charge in [-0.3, -0.25) is 0 Å². The number of allylic oxidation sites excluding steroid dienone is 2. The fraction of sp³-hybridized carbons (Fsp3) is 0.889. The fourth-order valence-corrected chi connectivity index (χ4v) is 4.44. The Bertz CT molecular complexity index is 237. The van der Waals surface area contributed by atoms with E-state index in [4.69, 9.17) is 0 Å². The molecular weight excluding hydrogens is 216 g/mol. The number of hydrogen-bond acceptors (Lipinski definition) is 0. The van der Waals surface area contributed by atoms with Crippen molar-refractivity contribution < 1.29 is 0 Å². The second-order valence-electron chi connectivity index (χ2n) is 6.77. The summed E-state index contributed by atoms with van der Waals surface area (Å²) in [6, 6.07) is 0. The van der Waals surface area contributed by atoms with Crippen LogP contribution >= 0.6 is 0 Å². The topological polar surface area (TPSA) is 0 Å². The Morgan fingerprint density at radius 1 is 0.833 bits per heavy atom. The van der Waals surface area contributed by atoms with Crippen molar-refractivity contribution in [2.45, 2.75) is 78.1 Å². The molecule has 0 atom stereocenters. The first-order valence-electron chi connectivity index (χ1n) is 8.46. The third kappa shape index (κ3) is 3.87. The van der Waals surface area contributed by atoms with Crippen LogP contribution in [0.25, 0.3) is 0 Å². The van der Waals surface area contributed by atoms with Gasteiger partial charge in [-0.2, -0.15) is 0 Å². The Balaban J connectivity index is 1.71. The van der Waals surface area contributed by atoms with E-state index in [9.17, 15) is 0 Å². The summed E-state index contributed by atoms with van der Waals surface area (Å²) < 4.78 is 0. The summed E-state index contributed by atoms with van der Waals surface area (Å²) in [5, 5.41) is 0. The summed E-state index contributed by atoms with van der Waals surface area (Å²) in [6.45, 7) is 4.51. The number of rotatable bonds is 4. The zero-order valence-electron chi connectivity index (χ0n) is 12.5. The first-order chi connectivity index (χ1) is 8.83. The van der Waals surface area contributed by atoms with E-state index in [-0.39, 0.29) is 0 Å². The quantitative estimate of drug-likeness (QED) is 0.537. The standard InChI is InChI=1S/C18H32/c1-3-5-15-7-11-17(12-8-15)18-13-9-16(6-4-2)10-14-18/h3,5,15-18H,4,6-14H2,1-2H3/b5-3-. The van der Waals surface area contributed by atoms with Crippen LogP contribution in [0.2, 0.25) is 0 Å². The summed E-state index contributed by atoms with van der Waals surface area (Å²) in [5.74, 6) is 4.15. The highest BCUT2D eigenvalue weighted by atomic mass is 14.3. The molecule has 0 spiro atoms. The zero-order chi connectivity index (χ0) is 12.8. The van der Waals surface area contributed by atoms with Gasteiger partial charge in [0, 0.05) is 0 Å². The Hall–Kier alpha value is -0.260. The predicted molar refractivity (Wildman–Crippen MR) is 80.6 cm³/mol. The third-order valence-electron chi connectivity index (χ3n) is 5.54. The Morgan fingerprint density at radius 2 is 1.39 bits per heavy atom. The molecule has 0 aliphatic heterocycles. The molecule has 0 bridgehead atoms. The highest BCUT2D eigenvalue weighted by Crippen LogP contribution is 2.42.